The molecule has 0 heterocycles. The molecule has 0 amide bonds. The van der Waals surface area contributed by atoms with Crippen molar-refractivity contribution in [3.05, 3.63) is 27.7 Å². The maximum absolute atomic E-state index is 8.49. The molecule has 0 atom stereocenters. The maximum Gasteiger partial charge on any atom is 0.141 e. The summed E-state index contributed by atoms with van der Waals surface area (Å²) in [4.78, 5) is 0. The van der Waals surface area contributed by atoms with Crippen LogP contribution >= 0.6 is 23.2 Å². The van der Waals surface area contributed by atoms with Gasteiger partial charge in [-0.15, -0.1) is 0 Å². The largest absolute Gasteiger partial charge is 0.492 e. The third kappa shape index (κ3) is 3.59. The van der Waals surface area contributed by atoms with Crippen molar-refractivity contribution >= 4 is 23.2 Å². The van der Waals surface area contributed by atoms with E-state index in [-0.39, 0.29) is 0 Å². The first-order valence-corrected chi connectivity index (χ1v) is 5.92. The average Bonchev–Trinajstić information content (AvgIpc) is 2.23. The van der Waals surface area contributed by atoms with E-state index >= 15 is 0 Å². The van der Waals surface area contributed by atoms with Crippen LogP contribution in [0.3, 0.4) is 0 Å². The topological polar surface area (TPSA) is 33.0 Å². The van der Waals surface area contributed by atoms with Gasteiger partial charge in [-0.1, -0.05) is 23.2 Å². The van der Waals surface area contributed by atoms with Gasteiger partial charge in [0, 0.05) is 11.4 Å². The minimum Gasteiger partial charge on any atom is -0.492 e. The minimum atomic E-state index is 0.524. The highest BCUT2D eigenvalue weighted by atomic mass is 35.5. The van der Waals surface area contributed by atoms with Gasteiger partial charge in [-0.25, -0.2) is 0 Å². The Bertz CT molecular complexity index is 399. The smallest absolute Gasteiger partial charge is 0.141 e. The number of ether oxygens (including phenoxy) is 1. The second kappa shape index (κ2) is 6.62. The van der Waals surface area contributed by atoms with Crippen LogP contribution in [0.15, 0.2) is 12.1 Å². The Kier molecular flexibility index (Phi) is 5.45. The van der Waals surface area contributed by atoms with Crippen molar-refractivity contribution in [3.63, 3.8) is 0 Å². The zero-order valence-electron chi connectivity index (χ0n) is 9.09. The van der Waals surface area contributed by atoms with Gasteiger partial charge in [0.2, 0.25) is 0 Å². The van der Waals surface area contributed by atoms with Gasteiger partial charge in [0.1, 0.15) is 5.75 Å². The van der Waals surface area contributed by atoms with Gasteiger partial charge in [-0.3, -0.25) is 0 Å². The molecule has 1 aromatic rings. The van der Waals surface area contributed by atoms with Crippen LogP contribution in [0.2, 0.25) is 10.0 Å². The van der Waals surface area contributed by atoms with E-state index in [9.17, 15) is 0 Å². The van der Waals surface area contributed by atoms with Crippen molar-refractivity contribution in [2.45, 2.75) is 26.2 Å². The highest BCUT2D eigenvalue weighted by Gasteiger charge is 2.10. The van der Waals surface area contributed by atoms with Crippen LogP contribution in [0.4, 0.5) is 0 Å². The summed E-state index contributed by atoms with van der Waals surface area (Å²) in [5.41, 5.74) is 0.967. The van der Waals surface area contributed by atoms with Gasteiger partial charge in [-0.05, 0) is 37.5 Å². The van der Waals surface area contributed by atoms with Gasteiger partial charge < -0.3 is 4.74 Å². The molecule has 1 aromatic carbocycles. The van der Waals surface area contributed by atoms with E-state index < -0.39 is 0 Å². The normalized spacial score (nSPS) is 9.88. The Hall–Kier alpha value is -0.910. The lowest BCUT2D eigenvalue weighted by Crippen LogP contribution is -1.98. The second-order valence-corrected chi connectivity index (χ2v) is 4.16. The summed E-state index contributed by atoms with van der Waals surface area (Å²) in [5, 5.41) is 9.62. The Morgan fingerprint density at radius 2 is 2.12 bits per heavy atom. The van der Waals surface area contributed by atoms with Gasteiger partial charge in [0.05, 0.1) is 17.7 Å². The van der Waals surface area contributed by atoms with Crippen molar-refractivity contribution in [2.75, 3.05) is 6.61 Å². The number of nitrogens with zero attached hydrogens (tertiary/aromatic N) is 1. The molecule has 0 saturated heterocycles. The van der Waals surface area contributed by atoms with Crippen LogP contribution in [0.25, 0.3) is 0 Å². The SMILES string of the molecule is CCOc1c(Cl)cc(Cl)cc1CCCC#N. The monoisotopic (exact) mass is 257 g/mol. The molecule has 0 radical (unpaired) electrons. The van der Waals surface area contributed by atoms with Crippen molar-refractivity contribution < 1.29 is 4.74 Å². The number of nitriles is 1. The molecule has 0 fully saturated rings. The molecule has 16 heavy (non-hydrogen) atoms. The highest BCUT2D eigenvalue weighted by molar-refractivity contribution is 6.35. The van der Waals surface area contributed by atoms with E-state index in [1.165, 1.54) is 0 Å². The lowest BCUT2D eigenvalue weighted by atomic mass is 10.1. The molecule has 0 N–H and O–H groups in total. The lowest BCUT2D eigenvalue weighted by Gasteiger charge is -2.12. The summed E-state index contributed by atoms with van der Waals surface area (Å²) in [5.74, 6) is 0.687. The molecule has 0 unspecified atom stereocenters. The van der Waals surface area contributed by atoms with Crippen LogP contribution in [-0.2, 0) is 6.42 Å². The number of benzene rings is 1. The number of unbranched alkanes of at least 4 members (excludes halogenated alkanes) is 1. The molecule has 0 spiro atoms. The van der Waals surface area contributed by atoms with E-state index in [1.807, 2.05) is 13.0 Å². The van der Waals surface area contributed by atoms with Crippen molar-refractivity contribution in [1.82, 2.24) is 0 Å². The first kappa shape index (κ1) is 13.2. The van der Waals surface area contributed by atoms with Crippen molar-refractivity contribution in [3.8, 4) is 11.8 Å². The fourth-order valence-corrected chi connectivity index (χ4v) is 2.05. The zero-order chi connectivity index (χ0) is 12.0. The summed E-state index contributed by atoms with van der Waals surface area (Å²) in [6.45, 7) is 2.47. The fourth-order valence-electron chi connectivity index (χ4n) is 1.46. The molecular formula is C12H13Cl2NO. The fraction of sp³-hybridized carbons (Fsp3) is 0.417. The number of aryl methyl sites for hydroxylation is 1. The molecule has 4 heteroatoms. The molecule has 0 aliphatic heterocycles. The lowest BCUT2D eigenvalue weighted by molar-refractivity contribution is 0.336. The minimum absolute atomic E-state index is 0.524. The van der Waals surface area contributed by atoms with E-state index in [0.29, 0.717) is 28.8 Å². The van der Waals surface area contributed by atoms with Gasteiger partial charge in [-0.2, -0.15) is 5.26 Å². The molecule has 0 bridgehead atoms. The third-order valence-corrected chi connectivity index (χ3v) is 2.61. The quantitative estimate of drug-likeness (QED) is 0.740. The molecule has 1 rings (SSSR count). The van der Waals surface area contributed by atoms with Crippen LogP contribution in [0.1, 0.15) is 25.3 Å². The first-order chi connectivity index (χ1) is 7.69. The third-order valence-electron chi connectivity index (χ3n) is 2.11. The predicted molar refractivity (Wildman–Crippen MR) is 66.2 cm³/mol. The molecule has 0 aliphatic carbocycles. The van der Waals surface area contributed by atoms with Gasteiger partial charge in [0.25, 0.3) is 0 Å². The second-order valence-electron chi connectivity index (χ2n) is 3.32. The number of hydrogen-bond acceptors (Lipinski definition) is 2. The van der Waals surface area contributed by atoms with E-state index in [2.05, 4.69) is 6.07 Å². The van der Waals surface area contributed by atoms with E-state index in [1.54, 1.807) is 6.07 Å². The van der Waals surface area contributed by atoms with Crippen molar-refractivity contribution in [1.29, 1.82) is 5.26 Å². The maximum atomic E-state index is 8.49. The molecular weight excluding hydrogens is 245 g/mol. The molecule has 0 saturated carbocycles. The number of halogens is 2. The molecule has 0 aliphatic rings. The van der Waals surface area contributed by atoms with Crippen LogP contribution < -0.4 is 4.74 Å². The first-order valence-electron chi connectivity index (χ1n) is 5.16. The van der Waals surface area contributed by atoms with Gasteiger partial charge in [0.15, 0.2) is 0 Å². The Morgan fingerprint density at radius 3 is 2.75 bits per heavy atom. The summed E-state index contributed by atoms with van der Waals surface area (Å²) < 4.78 is 5.48. The van der Waals surface area contributed by atoms with Crippen LogP contribution in [0, 0.1) is 11.3 Å². The van der Waals surface area contributed by atoms with E-state index in [0.717, 1.165) is 18.4 Å². The average molecular weight is 258 g/mol. The molecule has 86 valence electrons. The highest BCUT2D eigenvalue weighted by Crippen LogP contribution is 2.33. The standard InChI is InChI=1S/C12H13Cl2NO/c1-2-16-12-9(5-3-4-6-15)7-10(13)8-11(12)14/h7-8H,2-5H2,1H3. The summed E-state index contributed by atoms with van der Waals surface area (Å²) in [7, 11) is 0. The summed E-state index contributed by atoms with van der Waals surface area (Å²) in [6.07, 6.45) is 2.06. The molecule has 2 nitrogen and oxygen atoms in total. The molecule has 0 aromatic heterocycles. The summed E-state index contributed by atoms with van der Waals surface area (Å²) >= 11 is 12.0. The van der Waals surface area contributed by atoms with Gasteiger partial charge >= 0.3 is 0 Å². The Balaban J connectivity index is 2.90. The van der Waals surface area contributed by atoms with Crippen LogP contribution in [-0.4, -0.2) is 6.61 Å². The Labute approximate surface area is 106 Å². The summed E-state index contributed by atoms with van der Waals surface area (Å²) in [6, 6.07) is 5.62. The van der Waals surface area contributed by atoms with E-state index in [4.69, 9.17) is 33.2 Å². The predicted octanol–water partition coefficient (Wildman–Crippen LogP) is 4.24. The number of hydrogen-bond donors (Lipinski definition) is 0. The van der Waals surface area contributed by atoms with Crippen LogP contribution in [0.5, 0.6) is 5.75 Å². The Morgan fingerprint density at radius 1 is 1.38 bits per heavy atom. The van der Waals surface area contributed by atoms with Crippen molar-refractivity contribution in [2.24, 2.45) is 0 Å². The number of rotatable bonds is 5. The zero-order valence-corrected chi connectivity index (χ0v) is 10.6.